The third-order valence-electron chi connectivity index (χ3n) is 3.95. The molecule has 26 heavy (non-hydrogen) atoms. The number of aliphatic hydroxyl groups excluding tert-OH is 1. The van der Waals surface area contributed by atoms with Crippen LogP contribution in [0.25, 0.3) is 0 Å². The van der Waals surface area contributed by atoms with Crippen molar-refractivity contribution in [3.05, 3.63) is 29.8 Å². The summed E-state index contributed by atoms with van der Waals surface area (Å²) >= 11 is 0. The summed E-state index contributed by atoms with van der Waals surface area (Å²) in [6.45, 7) is 3.81. The number of rotatable bonds is 13. The standard InChI is InChI=1S/C20H31NO5/c1-3-5-6-7-8-12-19(23)21-18(14-22)16-10-9-11-17(13-16)26-15-20(24)25-4-2/h9-11,13,18,22H,3-8,12,14-15H2,1-2H3,(H,21,23). The number of unbranched alkanes of at least 4 members (excludes halogenated alkanes) is 4. The van der Waals surface area contributed by atoms with E-state index < -0.39 is 12.0 Å². The Balaban J connectivity index is 2.51. The minimum absolute atomic E-state index is 0.0709. The number of hydrogen-bond acceptors (Lipinski definition) is 5. The molecule has 1 unspecified atom stereocenters. The Morgan fingerprint density at radius 1 is 1.15 bits per heavy atom. The molecule has 0 bridgehead atoms. The summed E-state index contributed by atoms with van der Waals surface area (Å²) in [5.41, 5.74) is 0.730. The van der Waals surface area contributed by atoms with Crippen molar-refractivity contribution < 1.29 is 24.2 Å². The van der Waals surface area contributed by atoms with Crippen LogP contribution in [0.15, 0.2) is 24.3 Å². The van der Waals surface area contributed by atoms with Gasteiger partial charge in [0.25, 0.3) is 0 Å². The fourth-order valence-corrected chi connectivity index (χ4v) is 2.56. The molecule has 6 nitrogen and oxygen atoms in total. The van der Waals surface area contributed by atoms with Crippen molar-refractivity contribution in [2.45, 2.75) is 58.4 Å². The third-order valence-corrected chi connectivity index (χ3v) is 3.95. The van der Waals surface area contributed by atoms with E-state index in [-0.39, 0.29) is 19.1 Å². The minimum Gasteiger partial charge on any atom is -0.482 e. The molecule has 0 aliphatic heterocycles. The largest absolute Gasteiger partial charge is 0.482 e. The summed E-state index contributed by atoms with van der Waals surface area (Å²) in [6.07, 6.45) is 5.87. The minimum atomic E-state index is -0.496. The van der Waals surface area contributed by atoms with Crippen molar-refractivity contribution in [2.24, 2.45) is 0 Å². The van der Waals surface area contributed by atoms with Crippen molar-refractivity contribution in [3.8, 4) is 5.75 Å². The Labute approximate surface area is 155 Å². The quantitative estimate of drug-likeness (QED) is 0.414. The fourth-order valence-electron chi connectivity index (χ4n) is 2.56. The van der Waals surface area contributed by atoms with Gasteiger partial charge in [0.05, 0.1) is 19.3 Å². The van der Waals surface area contributed by atoms with Gasteiger partial charge in [-0.2, -0.15) is 0 Å². The van der Waals surface area contributed by atoms with Crippen LogP contribution in [0.3, 0.4) is 0 Å². The molecule has 0 aromatic heterocycles. The van der Waals surface area contributed by atoms with E-state index in [9.17, 15) is 14.7 Å². The Kier molecular flexibility index (Phi) is 11.1. The number of ether oxygens (including phenoxy) is 2. The topological polar surface area (TPSA) is 84.9 Å². The molecule has 0 spiro atoms. The molecular weight excluding hydrogens is 334 g/mol. The second kappa shape index (κ2) is 13.2. The molecule has 6 heteroatoms. The highest BCUT2D eigenvalue weighted by Crippen LogP contribution is 2.19. The molecule has 1 amide bonds. The van der Waals surface area contributed by atoms with Gasteiger partial charge in [0.15, 0.2) is 6.61 Å². The highest BCUT2D eigenvalue weighted by molar-refractivity contribution is 5.76. The third kappa shape index (κ3) is 8.85. The zero-order valence-electron chi connectivity index (χ0n) is 15.8. The monoisotopic (exact) mass is 365 g/mol. The van der Waals surface area contributed by atoms with Gasteiger partial charge in [-0.15, -0.1) is 0 Å². The van der Waals surface area contributed by atoms with Gasteiger partial charge < -0.3 is 19.9 Å². The zero-order valence-corrected chi connectivity index (χ0v) is 15.8. The molecule has 1 rings (SSSR count). The van der Waals surface area contributed by atoms with Gasteiger partial charge in [-0.3, -0.25) is 4.79 Å². The van der Waals surface area contributed by atoms with E-state index in [1.807, 2.05) is 0 Å². The molecule has 1 aromatic carbocycles. The van der Waals surface area contributed by atoms with Crippen LogP contribution in [-0.4, -0.2) is 36.8 Å². The maximum absolute atomic E-state index is 12.1. The van der Waals surface area contributed by atoms with Crippen LogP contribution < -0.4 is 10.1 Å². The van der Waals surface area contributed by atoms with E-state index in [4.69, 9.17) is 9.47 Å². The lowest BCUT2D eigenvalue weighted by atomic mass is 10.1. The molecule has 0 fully saturated rings. The molecule has 0 aliphatic carbocycles. The van der Waals surface area contributed by atoms with Gasteiger partial charge in [0.1, 0.15) is 5.75 Å². The predicted octanol–water partition coefficient (Wildman–Crippen LogP) is 3.14. The Morgan fingerprint density at radius 2 is 1.92 bits per heavy atom. The van der Waals surface area contributed by atoms with Crippen LogP contribution in [0.5, 0.6) is 5.75 Å². The Hall–Kier alpha value is -2.08. The van der Waals surface area contributed by atoms with E-state index in [0.717, 1.165) is 24.8 Å². The average molecular weight is 365 g/mol. The predicted molar refractivity (Wildman–Crippen MR) is 99.9 cm³/mol. The van der Waals surface area contributed by atoms with Crippen LogP contribution >= 0.6 is 0 Å². The molecule has 1 atom stereocenters. The number of esters is 1. The first-order chi connectivity index (χ1) is 12.6. The van der Waals surface area contributed by atoms with Gasteiger partial charge in [-0.1, -0.05) is 44.7 Å². The zero-order chi connectivity index (χ0) is 19.2. The van der Waals surface area contributed by atoms with E-state index in [0.29, 0.717) is 18.8 Å². The Morgan fingerprint density at radius 3 is 2.62 bits per heavy atom. The highest BCUT2D eigenvalue weighted by Gasteiger charge is 2.14. The van der Waals surface area contributed by atoms with Gasteiger partial charge in [-0.25, -0.2) is 4.79 Å². The summed E-state index contributed by atoms with van der Waals surface area (Å²) in [5, 5.41) is 12.5. The van der Waals surface area contributed by atoms with Crippen LogP contribution in [0.1, 0.15) is 64.0 Å². The Bertz CT molecular complexity index is 547. The molecule has 0 radical (unpaired) electrons. The normalized spacial score (nSPS) is 11.7. The van der Waals surface area contributed by atoms with Crippen molar-refractivity contribution in [3.63, 3.8) is 0 Å². The maximum Gasteiger partial charge on any atom is 0.344 e. The second-order valence-electron chi connectivity index (χ2n) is 6.13. The smallest absolute Gasteiger partial charge is 0.344 e. The van der Waals surface area contributed by atoms with Crippen molar-refractivity contribution in [2.75, 3.05) is 19.8 Å². The van der Waals surface area contributed by atoms with Gasteiger partial charge >= 0.3 is 5.97 Å². The summed E-state index contributed by atoms with van der Waals surface area (Å²) in [7, 11) is 0. The summed E-state index contributed by atoms with van der Waals surface area (Å²) in [4.78, 5) is 23.4. The first kappa shape index (κ1) is 22.0. The number of carbonyl (C=O) groups excluding carboxylic acids is 2. The molecule has 0 saturated heterocycles. The number of nitrogens with one attached hydrogen (secondary N) is 1. The van der Waals surface area contributed by atoms with Crippen molar-refractivity contribution >= 4 is 11.9 Å². The highest BCUT2D eigenvalue weighted by atomic mass is 16.6. The first-order valence-electron chi connectivity index (χ1n) is 9.39. The summed E-state index contributed by atoms with van der Waals surface area (Å²) < 4.78 is 10.2. The van der Waals surface area contributed by atoms with Crippen LogP contribution in [0.4, 0.5) is 0 Å². The molecule has 0 saturated carbocycles. The number of amides is 1. The number of carbonyl (C=O) groups is 2. The lowest BCUT2D eigenvalue weighted by Crippen LogP contribution is -2.30. The van der Waals surface area contributed by atoms with E-state index in [1.165, 1.54) is 12.8 Å². The molecule has 1 aromatic rings. The number of hydrogen-bond donors (Lipinski definition) is 2. The molecule has 146 valence electrons. The summed E-state index contributed by atoms with van der Waals surface area (Å²) in [5.74, 6) is -0.0193. The number of aliphatic hydroxyl groups is 1. The maximum atomic E-state index is 12.1. The molecular formula is C20H31NO5. The molecule has 0 aliphatic rings. The van der Waals surface area contributed by atoms with Crippen LogP contribution in [0, 0.1) is 0 Å². The lowest BCUT2D eigenvalue weighted by Gasteiger charge is -2.18. The van der Waals surface area contributed by atoms with Gasteiger partial charge in [-0.05, 0) is 31.0 Å². The average Bonchev–Trinajstić information content (AvgIpc) is 2.65. The summed E-state index contributed by atoms with van der Waals surface area (Å²) in [6, 6.07) is 6.49. The molecule has 2 N–H and O–H groups in total. The van der Waals surface area contributed by atoms with Crippen molar-refractivity contribution in [1.82, 2.24) is 5.32 Å². The second-order valence-corrected chi connectivity index (χ2v) is 6.13. The van der Waals surface area contributed by atoms with E-state index in [2.05, 4.69) is 12.2 Å². The van der Waals surface area contributed by atoms with E-state index in [1.54, 1.807) is 31.2 Å². The fraction of sp³-hybridized carbons (Fsp3) is 0.600. The SMILES string of the molecule is CCCCCCCC(=O)NC(CO)c1cccc(OCC(=O)OCC)c1. The number of benzene rings is 1. The van der Waals surface area contributed by atoms with Gasteiger partial charge in [0.2, 0.25) is 5.91 Å². The lowest BCUT2D eigenvalue weighted by molar-refractivity contribution is -0.145. The van der Waals surface area contributed by atoms with Crippen LogP contribution in [0.2, 0.25) is 0 Å². The molecule has 0 heterocycles. The van der Waals surface area contributed by atoms with Crippen molar-refractivity contribution in [1.29, 1.82) is 0 Å². The van der Waals surface area contributed by atoms with Gasteiger partial charge in [0, 0.05) is 6.42 Å². The van der Waals surface area contributed by atoms with E-state index >= 15 is 0 Å². The van der Waals surface area contributed by atoms with Crippen LogP contribution in [-0.2, 0) is 14.3 Å². The first-order valence-corrected chi connectivity index (χ1v) is 9.39.